The Kier molecular flexibility index (Phi) is 8.25. The molecular weight excluding hydrogens is 470 g/mol. The number of carbonyl (C=O) groups is 1. The second-order valence-corrected chi connectivity index (χ2v) is 9.79. The molecule has 0 saturated heterocycles. The van der Waals surface area contributed by atoms with E-state index in [1.165, 1.54) is 12.1 Å². The van der Waals surface area contributed by atoms with Gasteiger partial charge in [0.2, 0.25) is 0 Å². The van der Waals surface area contributed by atoms with Gasteiger partial charge in [-0.05, 0) is 80.5 Å². The summed E-state index contributed by atoms with van der Waals surface area (Å²) in [5, 5.41) is 5.60. The van der Waals surface area contributed by atoms with Crippen molar-refractivity contribution in [2.24, 2.45) is 0 Å². The Labute approximate surface area is 205 Å². The largest absolute Gasteiger partial charge is 0.493 e. The summed E-state index contributed by atoms with van der Waals surface area (Å²) in [5.41, 5.74) is 3.32. The lowest BCUT2D eigenvalue weighted by molar-refractivity contribution is 0.0973. The Bertz CT molecular complexity index is 1290. The number of anilines is 2. The summed E-state index contributed by atoms with van der Waals surface area (Å²) in [5.74, 6) is 0.0802. The predicted octanol–water partition coefficient (Wildman–Crippen LogP) is 5.02. The van der Waals surface area contributed by atoms with Gasteiger partial charge in [0.1, 0.15) is 5.75 Å². The minimum atomic E-state index is -3.76. The number of aryl methyl sites for hydroxylation is 2. The van der Waals surface area contributed by atoms with Gasteiger partial charge in [0, 0.05) is 5.69 Å². The zero-order valence-electron chi connectivity index (χ0n) is 19.2. The van der Waals surface area contributed by atoms with Crippen LogP contribution in [0.5, 0.6) is 5.75 Å². The Balaban J connectivity index is 1.64. The van der Waals surface area contributed by atoms with Crippen LogP contribution < -0.4 is 20.1 Å². The first-order valence-electron chi connectivity index (χ1n) is 10.7. The SMILES string of the molecule is CCCOc1ccccc1C(=O)NC(=S)Nc1ccc(S(=O)(=O)Nc2ccc(C)cc2C)cc1. The minimum Gasteiger partial charge on any atom is -0.493 e. The molecule has 0 bridgehead atoms. The van der Waals surface area contributed by atoms with Gasteiger partial charge < -0.3 is 10.1 Å². The highest BCUT2D eigenvalue weighted by atomic mass is 32.2. The van der Waals surface area contributed by atoms with Gasteiger partial charge >= 0.3 is 0 Å². The van der Waals surface area contributed by atoms with Crippen molar-refractivity contribution in [2.45, 2.75) is 32.1 Å². The summed E-state index contributed by atoms with van der Waals surface area (Å²) in [6, 6.07) is 18.5. The van der Waals surface area contributed by atoms with Crippen molar-refractivity contribution in [1.29, 1.82) is 0 Å². The molecule has 1 amide bonds. The molecule has 0 heterocycles. The third-order valence-electron chi connectivity index (χ3n) is 4.87. The van der Waals surface area contributed by atoms with Gasteiger partial charge in [-0.2, -0.15) is 0 Å². The van der Waals surface area contributed by atoms with Crippen LogP contribution in [0.3, 0.4) is 0 Å². The molecule has 0 radical (unpaired) electrons. The third kappa shape index (κ3) is 6.55. The standard InChI is InChI=1S/C25H27N3O4S2/c1-4-15-32-23-8-6-5-7-21(23)24(29)27-25(33)26-19-10-12-20(13-11-19)34(30,31)28-22-14-9-17(2)16-18(22)3/h5-14,16,28H,4,15H2,1-3H3,(H2,26,27,29,33). The fraction of sp³-hybridized carbons (Fsp3) is 0.200. The van der Waals surface area contributed by atoms with Crippen molar-refractivity contribution in [2.75, 3.05) is 16.6 Å². The highest BCUT2D eigenvalue weighted by molar-refractivity contribution is 7.92. The van der Waals surface area contributed by atoms with Crippen LogP contribution in [0.2, 0.25) is 0 Å². The molecule has 0 fully saturated rings. The van der Waals surface area contributed by atoms with Gasteiger partial charge in [0.05, 0.1) is 22.8 Å². The predicted molar refractivity (Wildman–Crippen MR) is 139 cm³/mol. The number of thiocarbonyl (C=S) groups is 1. The average molecular weight is 498 g/mol. The van der Waals surface area contributed by atoms with Crippen molar-refractivity contribution in [3.63, 3.8) is 0 Å². The summed E-state index contributed by atoms with van der Waals surface area (Å²) in [6.07, 6.45) is 0.821. The Hall–Kier alpha value is -3.43. The van der Waals surface area contributed by atoms with Crippen LogP contribution in [-0.4, -0.2) is 26.0 Å². The number of hydrogen-bond donors (Lipinski definition) is 3. The van der Waals surface area contributed by atoms with E-state index in [0.29, 0.717) is 29.3 Å². The van der Waals surface area contributed by atoms with Crippen LogP contribution in [0.15, 0.2) is 71.6 Å². The van der Waals surface area contributed by atoms with E-state index in [1.54, 1.807) is 42.5 Å². The van der Waals surface area contributed by atoms with Crippen LogP contribution in [-0.2, 0) is 10.0 Å². The number of hydrogen-bond acceptors (Lipinski definition) is 5. The molecule has 3 N–H and O–H groups in total. The molecule has 0 aromatic heterocycles. The molecule has 0 aliphatic rings. The second kappa shape index (κ2) is 11.1. The van der Waals surface area contributed by atoms with E-state index in [2.05, 4.69) is 15.4 Å². The van der Waals surface area contributed by atoms with E-state index >= 15 is 0 Å². The van der Waals surface area contributed by atoms with Gasteiger partial charge in [-0.15, -0.1) is 0 Å². The van der Waals surface area contributed by atoms with Crippen LogP contribution in [0, 0.1) is 13.8 Å². The number of carbonyl (C=O) groups excluding carboxylic acids is 1. The van der Waals surface area contributed by atoms with Crippen molar-refractivity contribution >= 4 is 44.6 Å². The minimum absolute atomic E-state index is 0.0827. The Morgan fingerprint density at radius 2 is 1.71 bits per heavy atom. The Morgan fingerprint density at radius 1 is 1.00 bits per heavy atom. The highest BCUT2D eigenvalue weighted by Crippen LogP contribution is 2.22. The molecule has 3 aromatic rings. The Morgan fingerprint density at radius 3 is 2.38 bits per heavy atom. The fourth-order valence-electron chi connectivity index (χ4n) is 3.17. The normalized spacial score (nSPS) is 10.9. The van der Waals surface area contributed by atoms with E-state index in [0.717, 1.165) is 17.5 Å². The van der Waals surface area contributed by atoms with E-state index in [9.17, 15) is 13.2 Å². The number of para-hydroxylation sites is 1. The monoisotopic (exact) mass is 497 g/mol. The third-order valence-corrected chi connectivity index (χ3v) is 6.45. The maximum atomic E-state index is 12.8. The number of benzene rings is 3. The first-order valence-corrected chi connectivity index (χ1v) is 12.6. The average Bonchev–Trinajstić information content (AvgIpc) is 2.80. The molecule has 0 spiro atoms. The highest BCUT2D eigenvalue weighted by Gasteiger charge is 2.16. The number of amides is 1. The molecule has 34 heavy (non-hydrogen) atoms. The molecule has 3 aromatic carbocycles. The first-order chi connectivity index (χ1) is 16.2. The quantitative estimate of drug-likeness (QED) is 0.378. The second-order valence-electron chi connectivity index (χ2n) is 7.70. The van der Waals surface area contributed by atoms with Gasteiger partial charge in [0.15, 0.2) is 5.11 Å². The fourth-order valence-corrected chi connectivity index (χ4v) is 4.52. The van der Waals surface area contributed by atoms with Crippen molar-refractivity contribution < 1.29 is 17.9 Å². The molecule has 178 valence electrons. The molecule has 0 saturated carbocycles. The molecule has 3 rings (SSSR count). The zero-order valence-corrected chi connectivity index (χ0v) is 20.8. The van der Waals surface area contributed by atoms with Gasteiger partial charge in [-0.25, -0.2) is 8.42 Å². The van der Waals surface area contributed by atoms with E-state index in [1.807, 2.05) is 32.9 Å². The number of rotatable bonds is 8. The lowest BCUT2D eigenvalue weighted by Gasteiger charge is -2.14. The number of sulfonamides is 1. The summed E-state index contributed by atoms with van der Waals surface area (Å²) in [6.45, 7) is 6.28. The molecule has 9 heteroatoms. The number of ether oxygens (including phenoxy) is 1. The molecular formula is C25H27N3O4S2. The summed E-state index contributed by atoms with van der Waals surface area (Å²) in [7, 11) is -3.76. The number of nitrogens with one attached hydrogen (secondary N) is 3. The lowest BCUT2D eigenvalue weighted by atomic mass is 10.1. The molecule has 7 nitrogen and oxygen atoms in total. The van der Waals surface area contributed by atoms with Crippen LogP contribution in [0.4, 0.5) is 11.4 Å². The summed E-state index contributed by atoms with van der Waals surface area (Å²) in [4.78, 5) is 12.7. The molecule has 0 atom stereocenters. The van der Waals surface area contributed by atoms with E-state index in [-0.39, 0.29) is 10.0 Å². The van der Waals surface area contributed by atoms with Gasteiger partial charge in [-0.3, -0.25) is 14.8 Å². The van der Waals surface area contributed by atoms with E-state index in [4.69, 9.17) is 17.0 Å². The van der Waals surface area contributed by atoms with E-state index < -0.39 is 15.9 Å². The van der Waals surface area contributed by atoms with Gasteiger partial charge in [0.25, 0.3) is 15.9 Å². The van der Waals surface area contributed by atoms with Gasteiger partial charge in [-0.1, -0.05) is 36.8 Å². The maximum Gasteiger partial charge on any atom is 0.261 e. The summed E-state index contributed by atoms with van der Waals surface area (Å²) < 4.78 is 33.7. The van der Waals surface area contributed by atoms with Crippen LogP contribution in [0.25, 0.3) is 0 Å². The van der Waals surface area contributed by atoms with Crippen LogP contribution in [0.1, 0.15) is 34.8 Å². The maximum absolute atomic E-state index is 12.8. The molecule has 0 aliphatic carbocycles. The molecule has 0 aliphatic heterocycles. The zero-order chi connectivity index (χ0) is 24.7. The first kappa shape index (κ1) is 25.2. The molecule has 0 unspecified atom stereocenters. The van der Waals surface area contributed by atoms with Crippen molar-refractivity contribution in [3.05, 3.63) is 83.4 Å². The lowest BCUT2D eigenvalue weighted by Crippen LogP contribution is -2.34. The summed E-state index contributed by atoms with van der Waals surface area (Å²) >= 11 is 5.25. The van der Waals surface area contributed by atoms with Crippen molar-refractivity contribution in [3.8, 4) is 5.75 Å². The van der Waals surface area contributed by atoms with Crippen molar-refractivity contribution in [1.82, 2.24) is 5.32 Å². The smallest absolute Gasteiger partial charge is 0.261 e. The van der Waals surface area contributed by atoms with Crippen LogP contribution >= 0.6 is 12.2 Å². The topological polar surface area (TPSA) is 96.5 Å².